The van der Waals surface area contributed by atoms with Gasteiger partial charge >= 0.3 is 5.97 Å². The highest BCUT2D eigenvalue weighted by Gasteiger charge is 2.21. The zero-order chi connectivity index (χ0) is 15.2. The molecular formula is C17H23NO3. The van der Waals surface area contributed by atoms with Crippen LogP contribution in [0.1, 0.15) is 39.7 Å². The molecule has 2 rings (SSSR count). The van der Waals surface area contributed by atoms with Crippen molar-refractivity contribution in [1.29, 1.82) is 0 Å². The molecule has 21 heavy (non-hydrogen) atoms. The molecular weight excluding hydrogens is 266 g/mol. The second kappa shape index (κ2) is 7.16. The van der Waals surface area contributed by atoms with Crippen molar-refractivity contribution in [3.63, 3.8) is 0 Å². The van der Waals surface area contributed by atoms with Gasteiger partial charge in [-0.2, -0.15) is 0 Å². The zero-order valence-corrected chi connectivity index (χ0v) is 13.0. The van der Waals surface area contributed by atoms with E-state index in [1.165, 1.54) is 0 Å². The third kappa shape index (κ3) is 3.38. The minimum Gasteiger partial charge on any atom is -0.494 e. The van der Waals surface area contributed by atoms with Gasteiger partial charge < -0.3 is 14.0 Å². The molecule has 2 aromatic rings. The predicted octanol–water partition coefficient (Wildman–Crippen LogP) is 3.94. The van der Waals surface area contributed by atoms with Gasteiger partial charge in [-0.05, 0) is 44.0 Å². The van der Waals surface area contributed by atoms with Gasteiger partial charge in [0.15, 0.2) is 0 Å². The van der Waals surface area contributed by atoms with Crippen LogP contribution in [0, 0.1) is 0 Å². The molecule has 4 heteroatoms. The van der Waals surface area contributed by atoms with Gasteiger partial charge in [0, 0.05) is 17.1 Å². The Hall–Kier alpha value is -1.97. The monoisotopic (exact) mass is 289 g/mol. The number of carbonyl (C=O) groups is 1. The van der Waals surface area contributed by atoms with Crippen LogP contribution in [-0.4, -0.2) is 23.8 Å². The van der Waals surface area contributed by atoms with Gasteiger partial charge in [-0.25, -0.2) is 4.79 Å². The normalized spacial score (nSPS) is 12.3. The van der Waals surface area contributed by atoms with E-state index in [0.29, 0.717) is 19.6 Å². The fourth-order valence-electron chi connectivity index (χ4n) is 2.45. The lowest BCUT2D eigenvalue weighted by molar-refractivity contribution is -0.147. The molecule has 0 radical (unpaired) electrons. The summed E-state index contributed by atoms with van der Waals surface area (Å²) in [5.41, 5.74) is 1.03. The lowest BCUT2D eigenvalue weighted by Crippen LogP contribution is -2.21. The van der Waals surface area contributed by atoms with E-state index in [1.807, 2.05) is 55.8 Å². The van der Waals surface area contributed by atoms with Crippen molar-refractivity contribution in [3.05, 3.63) is 30.5 Å². The van der Waals surface area contributed by atoms with Gasteiger partial charge in [-0.1, -0.05) is 13.8 Å². The Labute approximate surface area is 125 Å². The van der Waals surface area contributed by atoms with Gasteiger partial charge in [0.05, 0.1) is 13.2 Å². The molecule has 4 nitrogen and oxygen atoms in total. The lowest BCUT2D eigenvalue weighted by atomic mass is 10.2. The van der Waals surface area contributed by atoms with E-state index < -0.39 is 0 Å². The SMILES string of the molecule is CCCOC(=O)C(CC)n1ccc2cc(OCC)ccc21. The highest BCUT2D eigenvalue weighted by molar-refractivity contribution is 5.84. The maximum atomic E-state index is 12.2. The van der Waals surface area contributed by atoms with Crippen molar-refractivity contribution < 1.29 is 14.3 Å². The summed E-state index contributed by atoms with van der Waals surface area (Å²) in [7, 11) is 0. The number of benzene rings is 1. The molecule has 1 heterocycles. The number of nitrogens with zero attached hydrogens (tertiary/aromatic N) is 1. The molecule has 1 aromatic carbocycles. The van der Waals surface area contributed by atoms with Gasteiger partial charge in [0.25, 0.3) is 0 Å². The van der Waals surface area contributed by atoms with Crippen molar-refractivity contribution in [2.24, 2.45) is 0 Å². The van der Waals surface area contributed by atoms with Crippen molar-refractivity contribution >= 4 is 16.9 Å². The van der Waals surface area contributed by atoms with Crippen LogP contribution < -0.4 is 4.74 Å². The van der Waals surface area contributed by atoms with E-state index in [9.17, 15) is 4.79 Å². The number of esters is 1. The minimum atomic E-state index is -0.271. The zero-order valence-electron chi connectivity index (χ0n) is 13.0. The minimum absolute atomic E-state index is 0.161. The molecule has 0 bridgehead atoms. The summed E-state index contributed by atoms with van der Waals surface area (Å²) in [6.07, 6.45) is 3.49. The molecule has 0 saturated heterocycles. The molecule has 1 unspecified atom stereocenters. The van der Waals surface area contributed by atoms with Crippen molar-refractivity contribution in [1.82, 2.24) is 4.57 Å². The molecule has 1 aromatic heterocycles. The summed E-state index contributed by atoms with van der Waals surface area (Å²) in [5.74, 6) is 0.690. The topological polar surface area (TPSA) is 40.5 Å². The Kier molecular flexibility index (Phi) is 5.26. The van der Waals surface area contributed by atoms with E-state index in [4.69, 9.17) is 9.47 Å². The first-order valence-corrected chi connectivity index (χ1v) is 7.61. The Morgan fingerprint density at radius 1 is 1.24 bits per heavy atom. The van der Waals surface area contributed by atoms with Gasteiger partial charge in [0.2, 0.25) is 0 Å². The van der Waals surface area contributed by atoms with Crippen LogP contribution in [0.15, 0.2) is 30.5 Å². The lowest BCUT2D eigenvalue weighted by Gasteiger charge is -2.17. The molecule has 0 N–H and O–H groups in total. The largest absolute Gasteiger partial charge is 0.494 e. The molecule has 0 amide bonds. The van der Waals surface area contributed by atoms with Crippen LogP contribution in [0.5, 0.6) is 5.75 Å². The average Bonchev–Trinajstić information content (AvgIpc) is 2.89. The number of aromatic nitrogens is 1. The summed E-state index contributed by atoms with van der Waals surface area (Å²) >= 11 is 0. The van der Waals surface area contributed by atoms with E-state index in [1.54, 1.807) is 0 Å². The van der Waals surface area contributed by atoms with Crippen LogP contribution in [0.4, 0.5) is 0 Å². The van der Waals surface area contributed by atoms with Crippen LogP contribution in [0.25, 0.3) is 10.9 Å². The maximum absolute atomic E-state index is 12.2. The van der Waals surface area contributed by atoms with Crippen LogP contribution >= 0.6 is 0 Å². The van der Waals surface area contributed by atoms with Crippen molar-refractivity contribution in [2.75, 3.05) is 13.2 Å². The first-order chi connectivity index (χ1) is 10.2. The smallest absolute Gasteiger partial charge is 0.329 e. The second-order valence-corrected chi connectivity index (χ2v) is 4.97. The Balaban J connectivity index is 2.29. The first kappa shape index (κ1) is 15.4. The van der Waals surface area contributed by atoms with Crippen LogP contribution in [0.2, 0.25) is 0 Å². The molecule has 0 aliphatic heterocycles. The van der Waals surface area contributed by atoms with Crippen molar-refractivity contribution in [3.8, 4) is 5.75 Å². The summed E-state index contributed by atoms with van der Waals surface area (Å²) in [4.78, 5) is 12.2. The first-order valence-electron chi connectivity index (χ1n) is 7.61. The quantitative estimate of drug-likeness (QED) is 0.725. The highest BCUT2D eigenvalue weighted by atomic mass is 16.5. The van der Waals surface area contributed by atoms with E-state index >= 15 is 0 Å². The summed E-state index contributed by atoms with van der Waals surface area (Å²) in [6, 6.07) is 7.67. The Morgan fingerprint density at radius 2 is 2.05 bits per heavy atom. The Morgan fingerprint density at radius 3 is 2.71 bits per heavy atom. The van der Waals surface area contributed by atoms with Gasteiger partial charge in [0.1, 0.15) is 11.8 Å². The number of carbonyl (C=O) groups excluding carboxylic acids is 1. The number of hydrogen-bond donors (Lipinski definition) is 0. The molecule has 0 aliphatic rings. The molecule has 0 aliphatic carbocycles. The van der Waals surface area contributed by atoms with Crippen LogP contribution in [-0.2, 0) is 9.53 Å². The summed E-state index contributed by atoms with van der Waals surface area (Å²) in [6.45, 7) is 7.08. The molecule has 114 valence electrons. The third-order valence-electron chi connectivity index (χ3n) is 3.45. The molecule has 0 saturated carbocycles. The van der Waals surface area contributed by atoms with Gasteiger partial charge in [-0.3, -0.25) is 0 Å². The predicted molar refractivity (Wildman–Crippen MR) is 83.7 cm³/mol. The number of hydrogen-bond acceptors (Lipinski definition) is 3. The number of ether oxygens (including phenoxy) is 2. The highest BCUT2D eigenvalue weighted by Crippen LogP contribution is 2.26. The molecule has 1 atom stereocenters. The third-order valence-corrected chi connectivity index (χ3v) is 3.45. The molecule has 0 spiro atoms. The fourth-order valence-corrected chi connectivity index (χ4v) is 2.45. The van der Waals surface area contributed by atoms with Gasteiger partial charge in [-0.15, -0.1) is 0 Å². The van der Waals surface area contributed by atoms with Crippen LogP contribution in [0.3, 0.4) is 0 Å². The van der Waals surface area contributed by atoms with E-state index in [-0.39, 0.29) is 12.0 Å². The van der Waals surface area contributed by atoms with E-state index in [0.717, 1.165) is 23.1 Å². The summed E-state index contributed by atoms with van der Waals surface area (Å²) in [5, 5.41) is 1.07. The van der Waals surface area contributed by atoms with E-state index in [2.05, 4.69) is 0 Å². The Bertz CT molecular complexity index is 603. The molecule has 0 fully saturated rings. The second-order valence-electron chi connectivity index (χ2n) is 4.97. The summed E-state index contributed by atoms with van der Waals surface area (Å²) < 4.78 is 12.8. The number of rotatable bonds is 7. The number of fused-ring (bicyclic) bond motifs is 1. The standard InChI is InChI=1S/C17H23NO3/c1-4-11-21-17(19)15(5-2)18-10-9-13-12-14(20-6-3)7-8-16(13)18/h7-10,12,15H,4-6,11H2,1-3H3. The maximum Gasteiger partial charge on any atom is 0.329 e. The average molecular weight is 289 g/mol. The van der Waals surface area contributed by atoms with Crippen molar-refractivity contribution in [2.45, 2.75) is 39.7 Å². The fraction of sp³-hybridized carbons (Fsp3) is 0.471.